The van der Waals surface area contributed by atoms with Gasteiger partial charge in [-0.1, -0.05) is 130 Å². The van der Waals surface area contributed by atoms with Crippen LogP contribution in [-0.4, -0.2) is 138 Å². The first-order chi connectivity index (χ1) is 31.0. The van der Waals surface area contributed by atoms with Gasteiger partial charge in [0.1, 0.15) is 0 Å². The van der Waals surface area contributed by atoms with Gasteiger partial charge in [0.2, 0.25) is 0 Å². The molecule has 4 atom stereocenters. The summed E-state index contributed by atoms with van der Waals surface area (Å²) < 4.78 is -0.180. The van der Waals surface area contributed by atoms with E-state index in [2.05, 4.69) is 101 Å². The second kappa shape index (κ2) is 57.6. The second-order valence-electron chi connectivity index (χ2n) is 16.1. The van der Waals surface area contributed by atoms with E-state index in [1.54, 1.807) is 11.8 Å². The summed E-state index contributed by atoms with van der Waals surface area (Å²) in [6, 6.07) is 0. The first-order valence-electron chi connectivity index (χ1n) is 24.1. The van der Waals surface area contributed by atoms with Crippen LogP contribution in [0.1, 0.15) is 182 Å². The molecule has 0 aromatic rings. The number of carboxylic acid groups (broad SMARTS) is 5. The van der Waals surface area contributed by atoms with E-state index in [1.807, 2.05) is 0 Å². The first kappa shape index (κ1) is 75.0. The molecule has 0 saturated carbocycles. The van der Waals surface area contributed by atoms with Gasteiger partial charge in [-0.2, -0.15) is 50.5 Å². The Morgan fingerprint density at radius 1 is 0.415 bits per heavy atom. The number of thioether (sulfide) groups is 1. The second-order valence-corrected chi connectivity index (χ2v) is 31.2. The molecule has 0 rings (SSSR count). The molecule has 0 amide bonds. The Hall–Kier alpha value is 1.05. The molecule has 386 valence electrons. The molecule has 4 unspecified atom stereocenters. The SMILES string of the molecule is CCCCCCC(CCS)C(=O)O.CCCCCCC(CCS)C(=O)O.CCCCCCC(CCS)C(=O)O.CCCCCCC(CCS)C(=O)O.[CH3][Sn][C](CSCCS)([Sn][CH3])C(=O)O. The van der Waals surface area contributed by atoms with Crippen LogP contribution in [0.25, 0.3) is 0 Å². The molecule has 0 spiro atoms. The third-order valence-electron chi connectivity index (χ3n) is 10.7. The number of carboxylic acids is 5. The Morgan fingerprint density at radius 3 is 0.815 bits per heavy atom. The van der Waals surface area contributed by atoms with Crippen molar-refractivity contribution in [2.45, 2.75) is 193 Å². The fourth-order valence-corrected chi connectivity index (χ4v) is 19.9. The quantitative estimate of drug-likeness (QED) is 0.0160. The van der Waals surface area contributed by atoms with Crippen molar-refractivity contribution in [3.63, 3.8) is 0 Å². The van der Waals surface area contributed by atoms with Crippen LogP contribution in [0, 0.1) is 23.7 Å². The summed E-state index contributed by atoms with van der Waals surface area (Å²) in [7, 11) is 0. The van der Waals surface area contributed by atoms with E-state index in [1.165, 1.54) is 51.4 Å². The molecule has 18 heteroatoms. The molecule has 0 aliphatic rings. The Balaban J connectivity index is -0.000000231. The van der Waals surface area contributed by atoms with Crippen LogP contribution in [0.5, 0.6) is 0 Å². The van der Waals surface area contributed by atoms with E-state index in [0.717, 1.165) is 94.3 Å². The van der Waals surface area contributed by atoms with Crippen LogP contribution in [0.3, 0.4) is 0 Å². The predicted molar refractivity (Wildman–Crippen MR) is 298 cm³/mol. The number of aliphatic carboxylic acids is 5. The van der Waals surface area contributed by atoms with Gasteiger partial charge in [-0.25, -0.2) is 0 Å². The predicted octanol–water partition coefficient (Wildman–Crippen LogP) is 13.3. The number of hydrogen-bond acceptors (Lipinski definition) is 11. The fraction of sp³-hybridized carbons (Fsp3) is 0.894. The maximum atomic E-state index is 11.1. The zero-order valence-electron chi connectivity index (χ0n) is 41.2. The summed E-state index contributed by atoms with van der Waals surface area (Å²) in [6.07, 6.45) is 24.5. The standard InChI is InChI=1S/4C10H20O2S.C5H8O2S2.2CH3.2Sn/c4*1-2-3-4-5-6-9(7-8-13)10(11)12;6-5(7)1-3-9-4-2-8;;;;/h4*9,13H,2-8H2,1H3,(H,11,12);8H,2-4H2,(H,6,7);2*1H3;;. The molecule has 10 nitrogen and oxygen atoms in total. The zero-order chi connectivity index (χ0) is 50.7. The Morgan fingerprint density at radius 2 is 0.662 bits per heavy atom. The summed E-state index contributed by atoms with van der Waals surface area (Å²) in [6.45, 7) is 8.62. The topological polar surface area (TPSA) is 186 Å². The van der Waals surface area contributed by atoms with E-state index in [0.29, 0.717) is 48.7 Å². The number of rotatable bonds is 39. The molecule has 0 saturated heterocycles. The zero-order valence-corrected chi connectivity index (χ0v) is 52.1. The van der Waals surface area contributed by atoms with Crippen molar-refractivity contribution < 1.29 is 49.5 Å². The number of hydrogen-bond donors (Lipinski definition) is 10. The molecule has 0 aliphatic carbocycles. The van der Waals surface area contributed by atoms with Gasteiger partial charge in [0, 0.05) is 0 Å². The summed E-state index contributed by atoms with van der Waals surface area (Å²) in [5.41, 5.74) is 0. The molecule has 0 heterocycles. The van der Waals surface area contributed by atoms with Crippen molar-refractivity contribution in [1.29, 1.82) is 0 Å². The molecule has 0 aromatic carbocycles. The van der Waals surface area contributed by atoms with Crippen LogP contribution in [0.4, 0.5) is 0 Å². The Bertz CT molecular complexity index is 968. The van der Waals surface area contributed by atoms with Gasteiger partial charge in [-0.15, -0.1) is 0 Å². The van der Waals surface area contributed by atoms with Crippen molar-refractivity contribution in [2.24, 2.45) is 23.7 Å². The van der Waals surface area contributed by atoms with E-state index in [-0.39, 0.29) is 25.1 Å². The van der Waals surface area contributed by atoms with E-state index >= 15 is 0 Å². The van der Waals surface area contributed by atoms with Crippen LogP contribution in [0.2, 0.25) is 11.3 Å². The average molecular weight is 1250 g/mol. The van der Waals surface area contributed by atoms with E-state index in [4.69, 9.17) is 20.4 Å². The third kappa shape index (κ3) is 51.2. The van der Waals surface area contributed by atoms with Crippen LogP contribution in [-0.2, 0) is 24.0 Å². The van der Waals surface area contributed by atoms with E-state index in [9.17, 15) is 29.1 Å². The van der Waals surface area contributed by atoms with Crippen LogP contribution < -0.4 is 0 Å². The van der Waals surface area contributed by atoms with Crippen molar-refractivity contribution in [3.05, 3.63) is 0 Å². The van der Waals surface area contributed by atoms with Gasteiger partial charge in [0.15, 0.2) is 0 Å². The van der Waals surface area contributed by atoms with Crippen molar-refractivity contribution in [1.82, 2.24) is 0 Å². The van der Waals surface area contributed by atoms with Gasteiger partial charge < -0.3 is 20.4 Å². The van der Waals surface area contributed by atoms with Crippen LogP contribution in [0.15, 0.2) is 0 Å². The van der Waals surface area contributed by atoms with E-state index < -0.39 is 72.1 Å². The minimum atomic E-state index is -0.694. The maximum absolute atomic E-state index is 11.1. The third-order valence-corrected chi connectivity index (χ3v) is 31.5. The number of thiol groups is 5. The van der Waals surface area contributed by atoms with Crippen molar-refractivity contribution in [3.8, 4) is 0 Å². The first-order valence-corrected chi connectivity index (χ1v) is 37.0. The molecule has 0 bridgehead atoms. The molecule has 5 N–H and O–H groups in total. The summed E-state index contributed by atoms with van der Waals surface area (Å²) in [4.78, 5) is 58.3. The number of unbranched alkanes of at least 4 members (excludes halogenated alkanes) is 12. The van der Waals surface area contributed by atoms with Gasteiger partial charge >= 0.3 is 135 Å². The molecule has 0 aromatic heterocycles. The molecule has 0 aliphatic heterocycles. The molecule has 0 fully saturated rings. The minimum absolute atomic E-state index is 0.172. The van der Waals surface area contributed by atoms with Gasteiger partial charge in [-0.05, 0) is 74.4 Å². The molecule has 4 radical (unpaired) electrons. The molecule has 65 heavy (non-hydrogen) atoms. The average Bonchev–Trinajstić information content (AvgIpc) is 3.27. The summed E-state index contributed by atoms with van der Waals surface area (Å²) in [5.74, 6) is 1.53. The fourth-order valence-electron chi connectivity index (χ4n) is 6.29. The van der Waals surface area contributed by atoms with Gasteiger partial charge in [0.25, 0.3) is 0 Å². The monoisotopic (exact) mass is 1250 g/mol. The molecular weight excluding hydrogens is 1150 g/mol. The van der Waals surface area contributed by atoms with Crippen molar-refractivity contribution in [2.75, 3.05) is 40.3 Å². The van der Waals surface area contributed by atoms with Gasteiger partial charge in [0.05, 0.1) is 23.7 Å². The van der Waals surface area contributed by atoms with Crippen LogP contribution >= 0.6 is 74.9 Å². The Labute approximate surface area is 449 Å². The van der Waals surface area contributed by atoms with Crippen molar-refractivity contribution >= 4 is 147 Å². The summed E-state index contributed by atoms with van der Waals surface area (Å²) in [5, 5.41) is 44.5. The summed E-state index contributed by atoms with van der Waals surface area (Å²) >= 11 is 20.7. The Kier molecular flexibility index (Phi) is 66.5. The molecular formula is C47H94O10S6Sn2. The van der Waals surface area contributed by atoms with Gasteiger partial charge in [-0.3, -0.25) is 19.2 Å². The number of carbonyl (C=O) groups is 5. The normalized spacial score (nSPS) is 12.5.